The maximum absolute atomic E-state index is 12.0. The maximum atomic E-state index is 12.0. The topological polar surface area (TPSA) is 55.1 Å². The lowest BCUT2D eigenvalue weighted by atomic mass is 10.2. The molecule has 2 rings (SSSR count). The third-order valence-corrected chi connectivity index (χ3v) is 4.42. The molecule has 0 unspecified atom stereocenters. The first-order valence-electron chi connectivity index (χ1n) is 5.79. The number of carbonyl (C=O) groups is 1. The van der Waals surface area contributed by atoms with Crippen molar-refractivity contribution in [1.29, 1.82) is 0 Å². The van der Waals surface area contributed by atoms with E-state index in [2.05, 4.69) is 23.2 Å². The molecule has 0 aromatic carbocycles. The third kappa shape index (κ3) is 3.67. The van der Waals surface area contributed by atoms with Crippen molar-refractivity contribution in [3.05, 3.63) is 43.8 Å². The summed E-state index contributed by atoms with van der Waals surface area (Å²) >= 11 is 3.11. The minimum atomic E-state index is -0.0650. The van der Waals surface area contributed by atoms with Crippen molar-refractivity contribution < 1.29 is 4.79 Å². The van der Waals surface area contributed by atoms with E-state index in [4.69, 9.17) is 5.73 Å². The van der Waals surface area contributed by atoms with Crippen molar-refractivity contribution in [3.63, 3.8) is 0 Å². The van der Waals surface area contributed by atoms with Crippen LogP contribution >= 0.6 is 22.7 Å². The highest BCUT2D eigenvalue weighted by molar-refractivity contribution is 7.11. The maximum Gasteiger partial charge on any atom is 0.252 e. The van der Waals surface area contributed by atoms with Crippen molar-refractivity contribution in [2.45, 2.75) is 13.5 Å². The molecule has 0 aliphatic carbocycles. The minimum absolute atomic E-state index is 0.0650. The summed E-state index contributed by atoms with van der Waals surface area (Å²) in [5.74, 6) is 5.64. The van der Waals surface area contributed by atoms with Gasteiger partial charge < -0.3 is 11.1 Å². The van der Waals surface area contributed by atoms with Crippen LogP contribution in [0.5, 0.6) is 0 Å². The smallest absolute Gasteiger partial charge is 0.252 e. The quantitative estimate of drug-likeness (QED) is 0.853. The Kier molecular flexibility index (Phi) is 4.74. The Labute approximate surface area is 120 Å². The van der Waals surface area contributed by atoms with Crippen LogP contribution in [0, 0.1) is 18.8 Å². The zero-order valence-corrected chi connectivity index (χ0v) is 12.2. The van der Waals surface area contributed by atoms with Crippen LogP contribution in [0.3, 0.4) is 0 Å². The van der Waals surface area contributed by atoms with E-state index in [-0.39, 0.29) is 5.91 Å². The second kappa shape index (κ2) is 6.53. The first kappa shape index (κ1) is 13.8. The first-order valence-corrected chi connectivity index (χ1v) is 7.55. The fourth-order valence-corrected chi connectivity index (χ4v) is 3.11. The summed E-state index contributed by atoms with van der Waals surface area (Å²) in [5, 5.41) is 6.76. The number of nitrogens with two attached hydrogens (primary N) is 1. The minimum Gasteiger partial charge on any atom is -0.347 e. The molecular formula is C14H14N2OS2. The lowest BCUT2D eigenvalue weighted by Crippen LogP contribution is -2.22. The van der Waals surface area contributed by atoms with Gasteiger partial charge in [0.15, 0.2) is 0 Å². The predicted molar refractivity (Wildman–Crippen MR) is 80.5 cm³/mol. The Morgan fingerprint density at radius 2 is 2.32 bits per heavy atom. The lowest BCUT2D eigenvalue weighted by molar-refractivity contribution is 0.0951. The van der Waals surface area contributed by atoms with E-state index in [1.807, 2.05) is 17.7 Å². The van der Waals surface area contributed by atoms with Gasteiger partial charge in [0.2, 0.25) is 0 Å². The molecule has 0 bridgehead atoms. The lowest BCUT2D eigenvalue weighted by Gasteiger charge is -2.02. The van der Waals surface area contributed by atoms with Crippen LogP contribution in [0.4, 0.5) is 0 Å². The standard InChI is InChI=1S/C14H14N2OS2/c1-10-4-6-18-13(10)8-16-14(17)11-7-12(19-9-11)3-2-5-15/h4,6-7,9H,5,8,15H2,1H3,(H,16,17). The van der Waals surface area contributed by atoms with Crippen LogP contribution in [0.15, 0.2) is 22.9 Å². The Morgan fingerprint density at radius 1 is 1.47 bits per heavy atom. The molecule has 19 heavy (non-hydrogen) atoms. The Hall–Kier alpha value is -1.61. The molecular weight excluding hydrogens is 276 g/mol. The second-order valence-electron chi connectivity index (χ2n) is 3.92. The van der Waals surface area contributed by atoms with Gasteiger partial charge in [-0.05, 0) is 30.0 Å². The van der Waals surface area contributed by atoms with Gasteiger partial charge in [-0.2, -0.15) is 0 Å². The molecule has 1 amide bonds. The summed E-state index contributed by atoms with van der Waals surface area (Å²) < 4.78 is 0. The van der Waals surface area contributed by atoms with Crippen molar-refractivity contribution in [2.24, 2.45) is 5.73 Å². The SMILES string of the molecule is Cc1ccsc1CNC(=O)c1csc(C#CCN)c1. The van der Waals surface area contributed by atoms with Crippen LogP contribution in [0.1, 0.15) is 25.7 Å². The van der Waals surface area contributed by atoms with Crippen molar-refractivity contribution in [1.82, 2.24) is 5.32 Å². The molecule has 2 aromatic heterocycles. The number of nitrogens with one attached hydrogen (secondary N) is 1. The number of amides is 1. The molecule has 3 nitrogen and oxygen atoms in total. The van der Waals surface area contributed by atoms with Crippen molar-refractivity contribution in [3.8, 4) is 11.8 Å². The van der Waals surface area contributed by atoms with Gasteiger partial charge >= 0.3 is 0 Å². The molecule has 0 spiro atoms. The van der Waals surface area contributed by atoms with Crippen LogP contribution in [0.25, 0.3) is 0 Å². The van der Waals surface area contributed by atoms with E-state index in [1.54, 1.807) is 17.4 Å². The highest BCUT2D eigenvalue weighted by Gasteiger charge is 2.08. The van der Waals surface area contributed by atoms with E-state index in [0.29, 0.717) is 18.7 Å². The molecule has 2 aromatic rings. The van der Waals surface area contributed by atoms with Gasteiger partial charge in [-0.3, -0.25) is 4.79 Å². The Morgan fingerprint density at radius 3 is 3.00 bits per heavy atom. The van der Waals surface area contributed by atoms with Gasteiger partial charge in [0, 0.05) is 10.3 Å². The molecule has 3 N–H and O–H groups in total. The summed E-state index contributed by atoms with van der Waals surface area (Å²) in [5.41, 5.74) is 7.18. The fourth-order valence-electron chi connectivity index (χ4n) is 1.51. The molecule has 0 aliphatic rings. The van der Waals surface area contributed by atoms with Crippen LogP contribution in [-0.2, 0) is 6.54 Å². The van der Waals surface area contributed by atoms with E-state index >= 15 is 0 Å². The average molecular weight is 290 g/mol. The van der Waals surface area contributed by atoms with E-state index in [0.717, 1.165) is 4.88 Å². The highest BCUT2D eigenvalue weighted by Crippen LogP contribution is 2.16. The fraction of sp³-hybridized carbons (Fsp3) is 0.214. The van der Waals surface area contributed by atoms with Gasteiger partial charge in [-0.1, -0.05) is 11.8 Å². The van der Waals surface area contributed by atoms with Crippen molar-refractivity contribution >= 4 is 28.6 Å². The summed E-state index contributed by atoms with van der Waals surface area (Å²) in [6, 6.07) is 3.85. The van der Waals surface area contributed by atoms with E-state index in [9.17, 15) is 4.79 Å². The Bertz CT molecular complexity index is 631. The third-order valence-electron chi connectivity index (χ3n) is 2.55. The molecule has 2 heterocycles. The van der Waals surface area contributed by atoms with E-state index < -0.39 is 0 Å². The second-order valence-corrected chi connectivity index (χ2v) is 5.83. The molecule has 0 saturated heterocycles. The number of carbonyl (C=O) groups excluding carboxylic acids is 1. The van der Waals surface area contributed by atoms with Crippen LogP contribution in [0.2, 0.25) is 0 Å². The molecule has 0 saturated carbocycles. The summed E-state index contributed by atoms with van der Waals surface area (Å²) in [6.45, 7) is 2.95. The molecule has 5 heteroatoms. The average Bonchev–Trinajstić information content (AvgIpc) is 3.03. The zero-order valence-electron chi connectivity index (χ0n) is 10.5. The van der Waals surface area contributed by atoms with Gasteiger partial charge in [0.05, 0.1) is 23.5 Å². The highest BCUT2D eigenvalue weighted by atomic mass is 32.1. The molecule has 0 aliphatic heterocycles. The monoisotopic (exact) mass is 290 g/mol. The molecule has 98 valence electrons. The van der Waals surface area contributed by atoms with Gasteiger partial charge in [-0.15, -0.1) is 22.7 Å². The first-order chi connectivity index (χ1) is 9.20. The number of aryl methyl sites for hydroxylation is 1. The van der Waals surface area contributed by atoms with Gasteiger partial charge in [0.1, 0.15) is 0 Å². The normalized spacial score (nSPS) is 9.79. The summed E-state index contributed by atoms with van der Waals surface area (Å²) in [4.78, 5) is 14.0. The number of thiophene rings is 2. The van der Waals surface area contributed by atoms with Gasteiger partial charge in [0.25, 0.3) is 5.91 Å². The van der Waals surface area contributed by atoms with Crippen molar-refractivity contribution in [2.75, 3.05) is 6.54 Å². The number of rotatable bonds is 3. The zero-order chi connectivity index (χ0) is 13.7. The predicted octanol–water partition coefficient (Wildman–Crippen LogP) is 2.36. The number of hydrogen-bond donors (Lipinski definition) is 2. The summed E-state index contributed by atoms with van der Waals surface area (Å²) in [7, 11) is 0. The van der Waals surface area contributed by atoms with Crippen LogP contribution in [-0.4, -0.2) is 12.5 Å². The number of hydrogen-bond acceptors (Lipinski definition) is 4. The van der Waals surface area contributed by atoms with Gasteiger partial charge in [-0.25, -0.2) is 0 Å². The Balaban J connectivity index is 1.96. The largest absolute Gasteiger partial charge is 0.347 e. The molecule has 0 atom stereocenters. The van der Waals surface area contributed by atoms with E-state index in [1.165, 1.54) is 21.8 Å². The van der Waals surface area contributed by atoms with Crippen LogP contribution < -0.4 is 11.1 Å². The summed E-state index contributed by atoms with van der Waals surface area (Å²) in [6.07, 6.45) is 0. The molecule has 0 radical (unpaired) electrons. The molecule has 0 fully saturated rings.